The number of fused-ring (bicyclic) bond motifs is 1. The number of aliphatic imine (C=N–C) groups is 1. The second-order valence-corrected chi connectivity index (χ2v) is 6.34. The van der Waals surface area contributed by atoms with Crippen LogP contribution in [0.15, 0.2) is 23.2 Å². The third kappa shape index (κ3) is 4.48. The van der Waals surface area contributed by atoms with E-state index in [0.29, 0.717) is 17.9 Å². The standard InChI is InChI=1S/C15H20N2O6/c1-14(2,3)23-13(18)16-8-7-15(4)21-11-6-5-10(17(19)20)9-12(11)22-15/h5-6,9H,7-8H2,1-4H3,(H,16,18)/p-1. The number of nitro groups is 1. The molecule has 1 aromatic rings. The summed E-state index contributed by atoms with van der Waals surface area (Å²) in [5.41, 5.74) is -0.671. The Kier molecular flexibility index (Phi) is 4.35. The molecule has 23 heavy (non-hydrogen) atoms. The van der Waals surface area contributed by atoms with Crippen LogP contribution in [0.4, 0.5) is 5.69 Å². The number of ether oxygens (including phenoxy) is 3. The fraction of sp³-hybridized carbons (Fsp3) is 0.533. The Morgan fingerprint density at radius 1 is 1.35 bits per heavy atom. The summed E-state index contributed by atoms with van der Waals surface area (Å²) in [7, 11) is 0. The molecule has 1 heterocycles. The molecule has 126 valence electrons. The van der Waals surface area contributed by atoms with Gasteiger partial charge < -0.3 is 19.3 Å². The Morgan fingerprint density at radius 2 is 2.00 bits per heavy atom. The number of non-ortho nitro benzene ring substituents is 1. The van der Waals surface area contributed by atoms with E-state index >= 15 is 0 Å². The molecule has 0 saturated carbocycles. The van der Waals surface area contributed by atoms with Crippen LogP contribution >= 0.6 is 0 Å². The first-order valence-corrected chi connectivity index (χ1v) is 7.15. The number of rotatable bonds is 4. The van der Waals surface area contributed by atoms with Crippen LogP contribution < -0.4 is 14.6 Å². The predicted molar refractivity (Wildman–Crippen MR) is 80.5 cm³/mol. The topological polar surface area (TPSA) is 106 Å². The van der Waals surface area contributed by atoms with Crippen LogP contribution in [0.1, 0.15) is 34.1 Å². The van der Waals surface area contributed by atoms with E-state index in [4.69, 9.17) is 14.2 Å². The SMILES string of the molecule is CC(C)(C)OC([O-])=NCCC1(C)Oc2ccc([N+](=O)[O-])cc2O1. The minimum Gasteiger partial charge on any atom is -0.595 e. The van der Waals surface area contributed by atoms with Gasteiger partial charge in [-0.2, -0.15) is 0 Å². The minimum absolute atomic E-state index is 0.0740. The van der Waals surface area contributed by atoms with Crippen molar-refractivity contribution in [2.45, 2.75) is 45.5 Å². The third-order valence-corrected chi connectivity index (χ3v) is 2.99. The van der Waals surface area contributed by atoms with Gasteiger partial charge in [-0.25, -0.2) is 0 Å². The number of hydrogen-bond acceptors (Lipinski definition) is 7. The predicted octanol–water partition coefficient (Wildman–Crippen LogP) is 2.00. The first-order chi connectivity index (χ1) is 10.6. The van der Waals surface area contributed by atoms with Gasteiger partial charge in [-0.15, -0.1) is 0 Å². The van der Waals surface area contributed by atoms with Gasteiger partial charge in [-0.05, 0) is 6.07 Å². The summed E-state index contributed by atoms with van der Waals surface area (Å²) in [6, 6.07) is 4.15. The quantitative estimate of drug-likeness (QED) is 0.363. The Hall–Kier alpha value is -2.51. The maximum atomic E-state index is 11.5. The van der Waals surface area contributed by atoms with Crippen molar-refractivity contribution in [2.75, 3.05) is 6.54 Å². The van der Waals surface area contributed by atoms with Crippen molar-refractivity contribution in [3.8, 4) is 11.5 Å². The molecule has 0 aromatic heterocycles. The number of nitro benzene ring substituents is 1. The average molecular weight is 323 g/mol. The summed E-state index contributed by atoms with van der Waals surface area (Å²) < 4.78 is 16.4. The average Bonchev–Trinajstić information content (AvgIpc) is 2.71. The normalized spacial score (nSPS) is 20.4. The van der Waals surface area contributed by atoms with Gasteiger partial charge in [0.15, 0.2) is 11.5 Å². The Balaban J connectivity index is 1.97. The lowest BCUT2D eigenvalue weighted by Gasteiger charge is -2.29. The van der Waals surface area contributed by atoms with Gasteiger partial charge in [-0.3, -0.25) is 15.1 Å². The molecule has 8 heteroatoms. The Labute approximate surface area is 133 Å². The molecule has 0 bridgehead atoms. The van der Waals surface area contributed by atoms with Gasteiger partial charge in [0.1, 0.15) is 6.08 Å². The maximum Gasteiger partial charge on any atom is 0.273 e. The molecule has 1 aromatic carbocycles. The number of benzene rings is 1. The lowest BCUT2D eigenvalue weighted by atomic mass is 10.2. The van der Waals surface area contributed by atoms with E-state index in [1.54, 1.807) is 27.7 Å². The van der Waals surface area contributed by atoms with Crippen LogP contribution in [0.25, 0.3) is 0 Å². The van der Waals surface area contributed by atoms with Crippen LogP contribution in [0.5, 0.6) is 11.5 Å². The van der Waals surface area contributed by atoms with Gasteiger partial charge >= 0.3 is 0 Å². The zero-order valence-corrected chi connectivity index (χ0v) is 13.5. The highest BCUT2D eigenvalue weighted by Crippen LogP contribution is 2.42. The summed E-state index contributed by atoms with van der Waals surface area (Å²) >= 11 is 0. The maximum absolute atomic E-state index is 11.5. The van der Waals surface area contributed by atoms with E-state index in [1.807, 2.05) is 0 Å². The number of nitrogens with zero attached hydrogens (tertiary/aromatic N) is 2. The molecule has 0 amide bonds. The fourth-order valence-electron chi connectivity index (χ4n) is 2.01. The van der Waals surface area contributed by atoms with Gasteiger partial charge in [0.05, 0.1) is 11.0 Å². The lowest BCUT2D eigenvalue weighted by molar-refractivity contribution is -0.384. The van der Waals surface area contributed by atoms with Crippen molar-refractivity contribution in [3.05, 3.63) is 28.3 Å². The third-order valence-electron chi connectivity index (χ3n) is 2.99. The first kappa shape index (κ1) is 16.9. The van der Waals surface area contributed by atoms with Crippen LogP contribution in [0.2, 0.25) is 0 Å². The van der Waals surface area contributed by atoms with E-state index < -0.39 is 22.4 Å². The fourth-order valence-corrected chi connectivity index (χ4v) is 2.01. The molecule has 1 atom stereocenters. The van der Waals surface area contributed by atoms with Crippen molar-refractivity contribution in [1.29, 1.82) is 0 Å². The lowest BCUT2D eigenvalue weighted by Crippen LogP contribution is -2.36. The highest BCUT2D eigenvalue weighted by Gasteiger charge is 2.37. The monoisotopic (exact) mass is 323 g/mol. The Bertz CT molecular complexity index is 637. The summed E-state index contributed by atoms with van der Waals surface area (Å²) in [4.78, 5) is 14.1. The van der Waals surface area contributed by atoms with E-state index in [9.17, 15) is 15.2 Å². The molecular weight excluding hydrogens is 304 g/mol. The number of hydrogen-bond donors (Lipinski definition) is 0. The van der Waals surface area contributed by atoms with Crippen molar-refractivity contribution in [3.63, 3.8) is 0 Å². The van der Waals surface area contributed by atoms with Crippen molar-refractivity contribution < 1.29 is 24.2 Å². The second-order valence-electron chi connectivity index (χ2n) is 6.34. The summed E-state index contributed by atoms with van der Waals surface area (Å²) in [5, 5.41) is 22.3. The van der Waals surface area contributed by atoms with Crippen LogP contribution in [0, 0.1) is 10.1 Å². The zero-order valence-electron chi connectivity index (χ0n) is 13.5. The molecule has 0 radical (unpaired) electrons. The van der Waals surface area contributed by atoms with Crippen molar-refractivity contribution in [1.82, 2.24) is 0 Å². The van der Waals surface area contributed by atoms with Gasteiger partial charge in [0, 0.05) is 31.6 Å². The van der Waals surface area contributed by atoms with Crippen LogP contribution in [-0.4, -0.2) is 28.9 Å². The zero-order chi connectivity index (χ0) is 17.3. The summed E-state index contributed by atoms with van der Waals surface area (Å²) in [6.45, 7) is 7.11. The van der Waals surface area contributed by atoms with E-state index in [2.05, 4.69) is 4.99 Å². The first-order valence-electron chi connectivity index (χ1n) is 7.15. The molecule has 0 fully saturated rings. The molecule has 1 unspecified atom stereocenters. The molecule has 1 aliphatic heterocycles. The molecule has 8 nitrogen and oxygen atoms in total. The highest BCUT2D eigenvalue weighted by molar-refractivity contribution is 5.62. The molecular formula is C15H19N2O6-. The summed E-state index contributed by atoms with van der Waals surface area (Å²) in [5.74, 6) is -0.294. The van der Waals surface area contributed by atoms with E-state index in [-0.39, 0.29) is 12.2 Å². The largest absolute Gasteiger partial charge is 0.595 e. The van der Waals surface area contributed by atoms with Crippen LogP contribution in [-0.2, 0) is 4.74 Å². The highest BCUT2D eigenvalue weighted by atomic mass is 16.7. The smallest absolute Gasteiger partial charge is 0.273 e. The summed E-state index contributed by atoms with van der Waals surface area (Å²) in [6.07, 6.45) is -0.346. The molecule has 0 aliphatic carbocycles. The van der Waals surface area contributed by atoms with Crippen molar-refractivity contribution in [2.24, 2.45) is 4.99 Å². The minimum atomic E-state index is -1.02. The second kappa shape index (κ2) is 5.94. The van der Waals surface area contributed by atoms with Crippen LogP contribution in [0.3, 0.4) is 0 Å². The van der Waals surface area contributed by atoms with Gasteiger partial charge in [-0.1, -0.05) is 20.8 Å². The van der Waals surface area contributed by atoms with E-state index in [0.717, 1.165) is 0 Å². The van der Waals surface area contributed by atoms with Gasteiger partial charge in [0.25, 0.3) is 11.5 Å². The molecule has 0 saturated heterocycles. The van der Waals surface area contributed by atoms with E-state index in [1.165, 1.54) is 18.2 Å². The molecule has 0 N–H and O–H groups in total. The van der Waals surface area contributed by atoms with Crippen molar-refractivity contribution >= 4 is 11.8 Å². The molecule has 0 spiro atoms. The van der Waals surface area contributed by atoms with Gasteiger partial charge in [0.2, 0.25) is 0 Å². The Morgan fingerprint density at radius 3 is 2.61 bits per heavy atom. The molecule has 2 rings (SSSR count). The molecule has 1 aliphatic rings.